The number of rotatable bonds is 3. The van der Waals surface area contributed by atoms with Crippen LogP contribution in [0, 0.1) is 0 Å². The van der Waals surface area contributed by atoms with Gasteiger partial charge in [-0.15, -0.1) is 0 Å². The summed E-state index contributed by atoms with van der Waals surface area (Å²) in [6, 6.07) is 17.9. The number of urea groups is 1. The van der Waals surface area contributed by atoms with Gasteiger partial charge < -0.3 is 15.5 Å². The van der Waals surface area contributed by atoms with Crippen LogP contribution in [0.4, 0.5) is 4.79 Å². The Bertz CT molecular complexity index is 829. The highest BCUT2D eigenvalue weighted by Gasteiger charge is 2.27. The highest BCUT2D eigenvalue weighted by molar-refractivity contribution is 5.94. The monoisotopic (exact) mass is 377 g/mol. The Labute approximate surface area is 166 Å². The molecule has 5 nitrogen and oxygen atoms in total. The van der Waals surface area contributed by atoms with E-state index in [1.807, 2.05) is 41.3 Å². The van der Waals surface area contributed by atoms with Gasteiger partial charge in [0, 0.05) is 24.7 Å². The molecule has 146 valence electrons. The smallest absolute Gasteiger partial charge is 0.317 e. The molecule has 0 bridgehead atoms. The van der Waals surface area contributed by atoms with Crippen LogP contribution in [0.5, 0.6) is 0 Å². The van der Waals surface area contributed by atoms with Crippen molar-refractivity contribution in [2.75, 3.05) is 13.1 Å². The second kappa shape index (κ2) is 8.46. The molecule has 1 saturated heterocycles. The highest BCUT2D eigenvalue weighted by atomic mass is 16.2. The lowest BCUT2D eigenvalue weighted by Gasteiger charge is -2.34. The average Bonchev–Trinajstić information content (AvgIpc) is 2.75. The van der Waals surface area contributed by atoms with Gasteiger partial charge in [0.05, 0.1) is 6.04 Å². The van der Waals surface area contributed by atoms with Gasteiger partial charge in [0.2, 0.25) is 0 Å². The molecule has 1 fully saturated rings. The summed E-state index contributed by atoms with van der Waals surface area (Å²) in [5, 5.41) is 6.32. The summed E-state index contributed by atoms with van der Waals surface area (Å²) in [5.74, 6) is -0.0395. The van der Waals surface area contributed by atoms with Crippen molar-refractivity contribution in [2.45, 2.75) is 44.2 Å². The van der Waals surface area contributed by atoms with Gasteiger partial charge in [-0.3, -0.25) is 4.79 Å². The predicted molar refractivity (Wildman–Crippen MR) is 109 cm³/mol. The van der Waals surface area contributed by atoms with Crippen LogP contribution in [0.3, 0.4) is 0 Å². The fourth-order valence-electron chi connectivity index (χ4n) is 4.23. The molecule has 4 rings (SSSR count). The maximum Gasteiger partial charge on any atom is 0.317 e. The second-order valence-corrected chi connectivity index (χ2v) is 7.69. The standard InChI is InChI=1S/C23H27N3O2/c27-22(18-8-2-1-3-9-18)24-19-13-15-26(16-14-19)23(28)25-21-12-6-10-17-7-4-5-11-20(17)21/h1-5,7-9,11,19,21H,6,10,12-16H2,(H,24,27)(H,25,28). The first-order chi connectivity index (χ1) is 13.7. The van der Waals surface area contributed by atoms with Gasteiger partial charge in [-0.2, -0.15) is 0 Å². The Morgan fingerprint density at radius 3 is 2.36 bits per heavy atom. The molecular weight excluding hydrogens is 350 g/mol. The first-order valence-electron chi connectivity index (χ1n) is 10.2. The van der Waals surface area contributed by atoms with Crippen LogP contribution < -0.4 is 10.6 Å². The molecule has 0 saturated carbocycles. The summed E-state index contributed by atoms with van der Waals surface area (Å²) in [4.78, 5) is 26.9. The van der Waals surface area contributed by atoms with E-state index in [9.17, 15) is 9.59 Å². The van der Waals surface area contributed by atoms with E-state index >= 15 is 0 Å². The number of hydrogen-bond acceptors (Lipinski definition) is 2. The van der Waals surface area contributed by atoms with E-state index < -0.39 is 0 Å². The van der Waals surface area contributed by atoms with Crippen molar-refractivity contribution < 1.29 is 9.59 Å². The highest BCUT2D eigenvalue weighted by Crippen LogP contribution is 2.29. The molecule has 2 aromatic rings. The van der Waals surface area contributed by atoms with E-state index in [1.165, 1.54) is 11.1 Å². The van der Waals surface area contributed by atoms with E-state index in [-0.39, 0.29) is 24.0 Å². The Morgan fingerprint density at radius 1 is 0.857 bits per heavy atom. The molecule has 1 unspecified atom stereocenters. The zero-order chi connectivity index (χ0) is 19.3. The third kappa shape index (κ3) is 4.19. The maximum atomic E-state index is 12.8. The number of benzene rings is 2. The van der Waals surface area contributed by atoms with Crippen LogP contribution >= 0.6 is 0 Å². The number of nitrogens with one attached hydrogen (secondary N) is 2. The molecule has 1 aliphatic heterocycles. The number of hydrogen-bond donors (Lipinski definition) is 2. The summed E-state index contributed by atoms with van der Waals surface area (Å²) < 4.78 is 0. The lowest BCUT2D eigenvalue weighted by Crippen LogP contribution is -2.50. The molecule has 0 aromatic heterocycles. The molecule has 5 heteroatoms. The molecular formula is C23H27N3O2. The fraction of sp³-hybridized carbons (Fsp3) is 0.391. The molecule has 0 radical (unpaired) electrons. The number of amides is 3. The number of aryl methyl sites for hydroxylation is 1. The average molecular weight is 377 g/mol. The number of fused-ring (bicyclic) bond motifs is 1. The lowest BCUT2D eigenvalue weighted by molar-refractivity contribution is 0.0917. The van der Waals surface area contributed by atoms with Crippen LogP contribution in [0.1, 0.15) is 53.2 Å². The normalized spacial score (nSPS) is 19.6. The molecule has 0 spiro atoms. The number of nitrogens with zero attached hydrogens (tertiary/aromatic N) is 1. The van der Waals surface area contributed by atoms with Gasteiger partial charge in [0.15, 0.2) is 0 Å². The third-order valence-corrected chi connectivity index (χ3v) is 5.82. The minimum Gasteiger partial charge on any atom is -0.349 e. The van der Waals surface area contributed by atoms with Crippen molar-refractivity contribution in [1.29, 1.82) is 0 Å². The summed E-state index contributed by atoms with van der Waals surface area (Å²) >= 11 is 0. The molecule has 1 heterocycles. The van der Waals surface area contributed by atoms with Crippen molar-refractivity contribution >= 4 is 11.9 Å². The zero-order valence-corrected chi connectivity index (χ0v) is 16.1. The number of carbonyl (C=O) groups excluding carboxylic acids is 2. The van der Waals surface area contributed by atoms with Crippen LogP contribution in [-0.2, 0) is 6.42 Å². The van der Waals surface area contributed by atoms with Crippen LogP contribution in [0.2, 0.25) is 0 Å². The summed E-state index contributed by atoms with van der Waals surface area (Å²) in [6.07, 6.45) is 4.76. The van der Waals surface area contributed by atoms with Crippen molar-refractivity contribution in [3.05, 3.63) is 71.3 Å². The number of carbonyl (C=O) groups is 2. The Hall–Kier alpha value is -2.82. The maximum absolute atomic E-state index is 12.8. The van der Waals surface area contributed by atoms with E-state index in [0.717, 1.165) is 32.1 Å². The summed E-state index contributed by atoms with van der Waals surface area (Å²) in [5.41, 5.74) is 3.28. The van der Waals surface area contributed by atoms with E-state index in [0.29, 0.717) is 18.7 Å². The van der Waals surface area contributed by atoms with Crippen molar-refractivity contribution in [1.82, 2.24) is 15.5 Å². The van der Waals surface area contributed by atoms with E-state index in [2.05, 4.69) is 28.8 Å². The minimum atomic E-state index is -0.0395. The van der Waals surface area contributed by atoms with Crippen LogP contribution in [0.25, 0.3) is 0 Å². The van der Waals surface area contributed by atoms with E-state index in [4.69, 9.17) is 0 Å². The first-order valence-corrected chi connectivity index (χ1v) is 10.2. The van der Waals surface area contributed by atoms with Gasteiger partial charge in [0.1, 0.15) is 0 Å². The van der Waals surface area contributed by atoms with Crippen molar-refractivity contribution in [2.24, 2.45) is 0 Å². The first kappa shape index (κ1) is 18.5. The molecule has 2 aliphatic rings. The van der Waals surface area contributed by atoms with E-state index in [1.54, 1.807) is 0 Å². The van der Waals surface area contributed by atoms with Crippen molar-refractivity contribution in [3.63, 3.8) is 0 Å². The Morgan fingerprint density at radius 2 is 1.57 bits per heavy atom. The molecule has 1 aliphatic carbocycles. The Balaban J connectivity index is 1.28. The quantitative estimate of drug-likeness (QED) is 0.857. The number of piperidine rings is 1. The zero-order valence-electron chi connectivity index (χ0n) is 16.1. The van der Waals surface area contributed by atoms with Crippen molar-refractivity contribution in [3.8, 4) is 0 Å². The largest absolute Gasteiger partial charge is 0.349 e. The molecule has 28 heavy (non-hydrogen) atoms. The minimum absolute atomic E-state index is 0.00883. The molecule has 2 aromatic carbocycles. The van der Waals surface area contributed by atoms with Crippen LogP contribution in [-0.4, -0.2) is 36.0 Å². The van der Waals surface area contributed by atoms with Gasteiger partial charge >= 0.3 is 6.03 Å². The number of likely N-dealkylation sites (tertiary alicyclic amines) is 1. The lowest BCUT2D eigenvalue weighted by atomic mass is 9.88. The van der Waals surface area contributed by atoms with Crippen LogP contribution in [0.15, 0.2) is 54.6 Å². The topological polar surface area (TPSA) is 61.4 Å². The summed E-state index contributed by atoms with van der Waals surface area (Å²) in [7, 11) is 0. The van der Waals surface area contributed by atoms with Gasteiger partial charge in [-0.1, -0.05) is 42.5 Å². The SMILES string of the molecule is O=C(NC1CCN(C(=O)NC2CCCc3ccccc32)CC1)c1ccccc1. The van der Waals surface area contributed by atoms with Gasteiger partial charge in [0.25, 0.3) is 5.91 Å². The Kier molecular flexibility index (Phi) is 5.60. The van der Waals surface area contributed by atoms with Gasteiger partial charge in [-0.25, -0.2) is 4.79 Å². The molecule has 3 amide bonds. The molecule has 1 atom stereocenters. The molecule has 2 N–H and O–H groups in total. The van der Waals surface area contributed by atoms with Gasteiger partial charge in [-0.05, 0) is 55.4 Å². The third-order valence-electron chi connectivity index (χ3n) is 5.82. The summed E-state index contributed by atoms with van der Waals surface area (Å²) in [6.45, 7) is 1.33. The predicted octanol–water partition coefficient (Wildman–Crippen LogP) is 3.67. The second-order valence-electron chi connectivity index (χ2n) is 7.69. The fourth-order valence-corrected chi connectivity index (χ4v) is 4.23.